The van der Waals surface area contributed by atoms with Crippen LogP contribution in [0.25, 0.3) is 0 Å². The molecule has 1 aromatic carbocycles. The van der Waals surface area contributed by atoms with Crippen molar-refractivity contribution < 1.29 is 32.2 Å². The molecule has 1 aromatic heterocycles. The van der Waals surface area contributed by atoms with Gasteiger partial charge in [-0.25, -0.2) is 4.98 Å². The van der Waals surface area contributed by atoms with Crippen molar-refractivity contribution in [2.24, 2.45) is 0 Å². The van der Waals surface area contributed by atoms with Crippen LogP contribution in [0.2, 0.25) is 0 Å². The highest BCUT2D eigenvalue weighted by molar-refractivity contribution is 5.93. The molecule has 0 aliphatic carbocycles. The van der Waals surface area contributed by atoms with Gasteiger partial charge in [0.1, 0.15) is 0 Å². The third kappa shape index (κ3) is 4.78. The van der Waals surface area contributed by atoms with E-state index in [0.29, 0.717) is 24.5 Å². The number of rotatable bonds is 6. The third-order valence-corrected chi connectivity index (χ3v) is 3.52. The van der Waals surface area contributed by atoms with Crippen molar-refractivity contribution in [1.82, 2.24) is 10.3 Å². The number of benzene rings is 1. The number of amides is 1. The second-order valence-corrected chi connectivity index (χ2v) is 5.48. The summed E-state index contributed by atoms with van der Waals surface area (Å²) in [4.78, 5) is 15.7. The Hall–Kier alpha value is -2.97. The first-order chi connectivity index (χ1) is 12.4. The Morgan fingerprint density at radius 1 is 1.19 bits per heavy atom. The van der Waals surface area contributed by atoms with Gasteiger partial charge < -0.3 is 19.5 Å². The van der Waals surface area contributed by atoms with Crippen LogP contribution < -0.4 is 19.5 Å². The van der Waals surface area contributed by atoms with E-state index in [9.17, 15) is 18.0 Å². The van der Waals surface area contributed by atoms with E-state index in [4.69, 9.17) is 9.47 Å². The van der Waals surface area contributed by atoms with Crippen molar-refractivity contribution in [2.75, 3.05) is 19.9 Å². The van der Waals surface area contributed by atoms with E-state index < -0.39 is 12.8 Å². The quantitative estimate of drug-likeness (QED) is 0.849. The van der Waals surface area contributed by atoms with Crippen LogP contribution in [0.15, 0.2) is 36.5 Å². The fourth-order valence-electron chi connectivity index (χ4n) is 2.27. The fraction of sp³-hybridized carbons (Fsp3) is 0.294. The maximum Gasteiger partial charge on any atom is 0.422 e. The number of hydrogen-bond donors (Lipinski definition) is 1. The summed E-state index contributed by atoms with van der Waals surface area (Å²) in [6, 6.07) is 8.12. The molecule has 1 N–H and O–H groups in total. The minimum Gasteiger partial charge on any atom is -0.468 e. The van der Waals surface area contributed by atoms with Crippen LogP contribution in [0.5, 0.6) is 17.4 Å². The molecular formula is C17H15F3N2O4. The minimum absolute atomic E-state index is 0.195. The number of alkyl halides is 3. The Morgan fingerprint density at radius 3 is 2.73 bits per heavy atom. The number of carbonyl (C=O) groups is 1. The maximum atomic E-state index is 12.1. The Balaban J connectivity index is 1.47. The molecule has 138 valence electrons. The van der Waals surface area contributed by atoms with Crippen molar-refractivity contribution in [3.05, 3.63) is 47.7 Å². The first-order valence-corrected chi connectivity index (χ1v) is 7.73. The molecule has 0 bridgehead atoms. The Labute approximate surface area is 146 Å². The van der Waals surface area contributed by atoms with E-state index in [0.717, 1.165) is 5.56 Å². The SMILES string of the molecule is O=C(NCCc1ccc2c(c1)OCO2)c1ccc(OCC(F)(F)F)nc1. The average molecular weight is 368 g/mol. The van der Waals surface area contributed by atoms with E-state index in [1.165, 1.54) is 18.3 Å². The summed E-state index contributed by atoms with van der Waals surface area (Å²) in [5.74, 6) is 0.795. The lowest BCUT2D eigenvalue weighted by atomic mass is 10.1. The van der Waals surface area contributed by atoms with Crippen molar-refractivity contribution in [3.63, 3.8) is 0 Å². The molecule has 2 aromatic rings. The van der Waals surface area contributed by atoms with Gasteiger partial charge in [0, 0.05) is 18.8 Å². The van der Waals surface area contributed by atoms with Crippen LogP contribution in [0.4, 0.5) is 13.2 Å². The third-order valence-electron chi connectivity index (χ3n) is 3.52. The summed E-state index contributed by atoms with van der Waals surface area (Å²) in [6.45, 7) is -0.850. The molecule has 0 spiro atoms. The zero-order chi connectivity index (χ0) is 18.6. The molecule has 0 saturated heterocycles. The number of fused-ring (bicyclic) bond motifs is 1. The van der Waals surface area contributed by atoms with Gasteiger partial charge in [0.15, 0.2) is 18.1 Å². The van der Waals surface area contributed by atoms with E-state index >= 15 is 0 Å². The number of halogens is 3. The summed E-state index contributed by atoms with van der Waals surface area (Å²) < 4.78 is 51.2. The first kappa shape index (κ1) is 17.8. The highest BCUT2D eigenvalue weighted by Crippen LogP contribution is 2.32. The molecule has 0 atom stereocenters. The van der Waals surface area contributed by atoms with Gasteiger partial charge in [-0.1, -0.05) is 6.07 Å². The van der Waals surface area contributed by atoms with Crippen LogP contribution in [0.3, 0.4) is 0 Å². The Kier molecular flexibility index (Phi) is 5.15. The van der Waals surface area contributed by atoms with Crippen molar-refractivity contribution in [3.8, 4) is 17.4 Å². The summed E-state index contributed by atoms with van der Waals surface area (Å²) >= 11 is 0. The summed E-state index contributed by atoms with van der Waals surface area (Å²) in [5, 5.41) is 2.72. The lowest BCUT2D eigenvalue weighted by Crippen LogP contribution is -2.26. The Bertz CT molecular complexity index is 779. The smallest absolute Gasteiger partial charge is 0.422 e. The zero-order valence-electron chi connectivity index (χ0n) is 13.5. The lowest BCUT2D eigenvalue weighted by Gasteiger charge is -2.09. The highest BCUT2D eigenvalue weighted by Gasteiger charge is 2.28. The van der Waals surface area contributed by atoms with Crippen molar-refractivity contribution in [2.45, 2.75) is 12.6 Å². The standard InChI is InChI=1S/C17H15F3N2O4/c18-17(19,20)9-24-15-4-2-12(8-22-15)16(23)21-6-5-11-1-3-13-14(7-11)26-10-25-13/h1-4,7-8H,5-6,9-10H2,(H,21,23). The van der Waals surface area contributed by atoms with E-state index in [2.05, 4.69) is 15.0 Å². The number of carbonyl (C=O) groups excluding carboxylic acids is 1. The molecule has 2 heterocycles. The van der Waals surface area contributed by atoms with Crippen molar-refractivity contribution in [1.29, 1.82) is 0 Å². The fourth-order valence-corrected chi connectivity index (χ4v) is 2.27. The summed E-state index contributed by atoms with van der Waals surface area (Å²) in [7, 11) is 0. The van der Waals surface area contributed by atoms with Crippen molar-refractivity contribution >= 4 is 5.91 Å². The van der Waals surface area contributed by atoms with Gasteiger partial charge in [0.2, 0.25) is 12.7 Å². The molecule has 1 aliphatic heterocycles. The van der Waals surface area contributed by atoms with Gasteiger partial charge in [-0.2, -0.15) is 13.2 Å². The molecule has 3 rings (SSSR count). The summed E-state index contributed by atoms with van der Waals surface area (Å²) in [5.41, 5.74) is 1.21. The van der Waals surface area contributed by atoms with Crippen LogP contribution >= 0.6 is 0 Å². The first-order valence-electron chi connectivity index (χ1n) is 7.73. The van der Waals surface area contributed by atoms with Crippen LogP contribution in [0.1, 0.15) is 15.9 Å². The largest absolute Gasteiger partial charge is 0.468 e. The molecule has 6 nitrogen and oxygen atoms in total. The topological polar surface area (TPSA) is 69.7 Å². The number of nitrogens with zero attached hydrogens (tertiary/aromatic N) is 1. The van der Waals surface area contributed by atoms with Gasteiger partial charge in [-0.15, -0.1) is 0 Å². The van der Waals surface area contributed by atoms with Gasteiger partial charge >= 0.3 is 6.18 Å². The molecule has 0 saturated carbocycles. The number of aromatic nitrogens is 1. The Morgan fingerprint density at radius 2 is 2.00 bits per heavy atom. The lowest BCUT2D eigenvalue weighted by molar-refractivity contribution is -0.154. The molecule has 1 aliphatic rings. The summed E-state index contributed by atoms with van der Waals surface area (Å²) in [6.07, 6.45) is -2.68. The predicted octanol–water partition coefficient (Wildman–Crippen LogP) is 2.72. The normalized spacial score (nSPS) is 12.7. The van der Waals surface area contributed by atoms with Crippen LogP contribution in [0, 0.1) is 0 Å². The maximum absolute atomic E-state index is 12.1. The number of pyridine rings is 1. The number of nitrogens with one attached hydrogen (secondary N) is 1. The van der Waals surface area contributed by atoms with Crippen LogP contribution in [-0.4, -0.2) is 37.0 Å². The van der Waals surface area contributed by atoms with Gasteiger partial charge in [-0.05, 0) is 30.2 Å². The molecule has 9 heteroatoms. The zero-order valence-corrected chi connectivity index (χ0v) is 13.5. The molecule has 0 unspecified atom stereocenters. The molecule has 1 amide bonds. The highest BCUT2D eigenvalue weighted by atomic mass is 19.4. The molecule has 26 heavy (non-hydrogen) atoms. The molecule has 0 radical (unpaired) electrons. The minimum atomic E-state index is -4.44. The number of ether oxygens (including phenoxy) is 3. The average Bonchev–Trinajstić information content (AvgIpc) is 3.07. The monoisotopic (exact) mass is 368 g/mol. The predicted molar refractivity (Wildman–Crippen MR) is 84.4 cm³/mol. The van der Waals surface area contributed by atoms with Gasteiger partial charge in [0.05, 0.1) is 5.56 Å². The van der Waals surface area contributed by atoms with E-state index in [-0.39, 0.29) is 24.1 Å². The second kappa shape index (κ2) is 7.51. The van der Waals surface area contributed by atoms with E-state index in [1.807, 2.05) is 18.2 Å². The second-order valence-electron chi connectivity index (χ2n) is 5.48. The van der Waals surface area contributed by atoms with Gasteiger partial charge in [0.25, 0.3) is 5.91 Å². The van der Waals surface area contributed by atoms with Gasteiger partial charge in [-0.3, -0.25) is 4.79 Å². The van der Waals surface area contributed by atoms with E-state index in [1.54, 1.807) is 0 Å². The number of hydrogen-bond acceptors (Lipinski definition) is 5. The molecule has 0 fully saturated rings. The van der Waals surface area contributed by atoms with Crippen LogP contribution in [-0.2, 0) is 6.42 Å². The molecular weight excluding hydrogens is 353 g/mol.